The van der Waals surface area contributed by atoms with E-state index in [4.69, 9.17) is 11.6 Å². The van der Waals surface area contributed by atoms with E-state index in [0.717, 1.165) is 42.2 Å². The van der Waals surface area contributed by atoms with E-state index in [1.807, 2.05) is 41.5 Å². The van der Waals surface area contributed by atoms with Crippen molar-refractivity contribution in [1.82, 2.24) is 9.88 Å². The lowest BCUT2D eigenvalue weighted by molar-refractivity contribution is -0.130. The summed E-state index contributed by atoms with van der Waals surface area (Å²) < 4.78 is 0. The van der Waals surface area contributed by atoms with E-state index in [2.05, 4.69) is 11.9 Å². The molecule has 1 heterocycles. The van der Waals surface area contributed by atoms with E-state index in [0.29, 0.717) is 11.4 Å². The maximum atomic E-state index is 12.3. The Morgan fingerprint density at radius 2 is 2.00 bits per heavy atom. The predicted molar refractivity (Wildman–Crippen MR) is 93.4 cm³/mol. The number of halogens is 1. The van der Waals surface area contributed by atoms with Gasteiger partial charge in [-0.25, -0.2) is 4.98 Å². The van der Waals surface area contributed by atoms with Gasteiger partial charge in [0.2, 0.25) is 5.91 Å². The molecule has 2 aromatic rings. The molecule has 1 aromatic carbocycles. The molecule has 0 aliphatic carbocycles. The van der Waals surface area contributed by atoms with Gasteiger partial charge in [-0.2, -0.15) is 0 Å². The molecule has 1 aromatic heterocycles. The number of unbranched alkanes of at least 4 members (excludes halogenated alkanes) is 1. The molecule has 0 saturated carbocycles. The smallest absolute Gasteiger partial charge is 0.228 e. The minimum Gasteiger partial charge on any atom is -0.343 e. The van der Waals surface area contributed by atoms with Gasteiger partial charge in [0.05, 0.1) is 12.1 Å². The van der Waals surface area contributed by atoms with Crippen molar-refractivity contribution < 1.29 is 4.79 Å². The molecule has 118 valence electrons. The highest BCUT2D eigenvalue weighted by molar-refractivity contribution is 7.13. The lowest BCUT2D eigenvalue weighted by Gasteiger charge is -2.20. The quantitative estimate of drug-likeness (QED) is 0.737. The average Bonchev–Trinajstić information content (AvgIpc) is 2.97. The number of rotatable bonds is 7. The van der Waals surface area contributed by atoms with Gasteiger partial charge in [-0.15, -0.1) is 11.3 Å². The summed E-state index contributed by atoms with van der Waals surface area (Å²) in [6.45, 7) is 5.75. The molecule has 0 aliphatic heterocycles. The van der Waals surface area contributed by atoms with Gasteiger partial charge in [-0.3, -0.25) is 4.79 Å². The first-order valence-corrected chi connectivity index (χ1v) is 8.88. The van der Waals surface area contributed by atoms with Crippen molar-refractivity contribution in [3.63, 3.8) is 0 Å². The number of amides is 1. The molecule has 0 fully saturated rings. The molecule has 3 nitrogen and oxygen atoms in total. The standard InChI is InChI=1S/C17H21ClN2OS/c1-3-5-10-20(4-2)16(21)11-15-12-22-17(19-15)13-6-8-14(18)9-7-13/h6-9,12H,3-5,10-11H2,1-2H3. The molecule has 0 bridgehead atoms. The van der Waals surface area contributed by atoms with Gasteiger partial charge in [0.25, 0.3) is 0 Å². The van der Waals surface area contributed by atoms with Crippen molar-refractivity contribution in [3.05, 3.63) is 40.4 Å². The van der Waals surface area contributed by atoms with E-state index in [1.165, 1.54) is 0 Å². The zero-order chi connectivity index (χ0) is 15.9. The van der Waals surface area contributed by atoms with Crippen LogP contribution >= 0.6 is 22.9 Å². The van der Waals surface area contributed by atoms with Crippen LogP contribution in [0.25, 0.3) is 10.6 Å². The summed E-state index contributed by atoms with van der Waals surface area (Å²) in [6.07, 6.45) is 2.52. The Balaban J connectivity index is 2.02. The Morgan fingerprint density at radius 1 is 1.27 bits per heavy atom. The van der Waals surface area contributed by atoms with E-state index < -0.39 is 0 Å². The average molecular weight is 337 g/mol. The third-order valence-corrected chi connectivity index (χ3v) is 4.68. The van der Waals surface area contributed by atoms with Crippen LogP contribution in [-0.4, -0.2) is 28.9 Å². The highest BCUT2D eigenvalue weighted by atomic mass is 35.5. The molecule has 0 N–H and O–H groups in total. The van der Waals surface area contributed by atoms with Crippen molar-refractivity contribution in [2.45, 2.75) is 33.1 Å². The molecule has 22 heavy (non-hydrogen) atoms. The van der Waals surface area contributed by atoms with Crippen LogP contribution in [0.4, 0.5) is 0 Å². The van der Waals surface area contributed by atoms with E-state index in [9.17, 15) is 4.79 Å². The zero-order valence-electron chi connectivity index (χ0n) is 13.0. The summed E-state index contributed by atoms with van der Waals surface area (Å²) >= 11 is 7.46. The lowest BCUT2D eigenvalue weighted by atomic mass is 10.2. The van der Waals surface area contributed by atoms with Gasteiger partial charge in [-0.05, 0) is 25.5 Å². The van der Waals surface area contributed by atoms with Gasteiger partial charge >= 0.3 is 0 Å². The van der Waals surface area contributed by atoms with Crippen molar-refractivity contribution in [2.75, 3.05) is 13.1 Å². The maximum absolute atomic E-state index is 12.3. The predicted octanol–water partition coefficient (Wildman–Crippen LogP) is 4.65. The number of likely N-dealkylation sites (N-methyl/N-ethyl adjacent to an activating group) is 1. The SMILES string of the molecule is CCCCN(CC)C(=O)Cc1csc(-c2ccc(Cl)cc2)n1. The Morgan fingerprint density at radius 3 is 2.64 bits per heavy atom. The highest BCUT2D eigenvalue weighted by Gasteiger charge is 2.14. The summed E-state index contributed by atoms with van der Waals surface area (Å²) in [5, 5.41) is 3.61. The second-order valence-corrected chi connectivity index (χ2v) is 6.45. The molecule has 2 rings (SSSR count). The molecule has 0 aliphatic rings. The molecule has 0 saturated heterocycles. The molecular weight excluding hydrogens is 316 g/mol. The van der Waals surface area contributed by atoms with E-state index in [1.54, 1.807) is 11.3 Å². The third kappa shape index (κ3) is 4.55. The first-order valence-electron chi connectivity index (χ1n) is 7.62. The summed E-state index contributed by atoms with van der Waals surface area (Å²) in [4.78, 5) is 18.8. The first kappa shape index (κ1) is 17.0. The molecular formula is C17H21ClN2OS. The van der Waals surface area contributed by atoms with Crippen LogP contribution in [0.15, 0.2) is 29.6 Å². The maximum Gasteiger partial charge on any atom is 0.228 e. The van der Waals surface area contributed by atoms with Crippen LogP contribution in [-0.2, 0) is 11.2 Å². The van der Waals surface area contributed by atoms with Crippen molar-refractivity contribution >= 4 is 28.8 Å². The Bertz CT molecular complexity index is 609. The van der Waals surface area contributed by atoms with Crippen LogP contribution in [0.1, 0.15) is 32.4 Å². The van der Waals surface area contributed by atoms with Crippen molar-refractivity contribution in [1.29, 1.82) is 0 Å². The summed E-state index contributed by atoms with van der Waals surface area (Å²) in [5.41, 5.74) is 1.88. The zero-order valence-corrected chi connectivity index (χ0v) is 14.6. The topological polar surface area (TPSA) is 33.2 Å². The van der Waals surface area contributed by atoms with Crippen LogP contribution in [0.2, 0.25) is 5.02 Å². The monoisotopic (exact) mass is 336 g/mol. The minimum atomic E-state index is 0.156. The number of nitrogens with zero attached hydrogens (tertiary/aromatic N) is 2. The van der Waals surface area contributed by atoms with Gasteiger partial charge in [0.15, 0.2) is 0 Å². The van der Waals surface area contributed by atoms with Crippen LogP contribution in [0.5, 0.6) is 0 Å². The number of hydrogen-bond donors (Lipinski definition) is 0. The second kappa shape index (κ2) is 8.30. The lowest BCUT2D eigenvalue weighted by Crippen LogP contribution is -2.33. The normalized spacial score (nSPS) is 10.7. The Labute approximate surface area is 140 Å². The second-order valence-electron chi connectivity index (χ2n) is 5.15. The van der Waals surface area contributed by atoms with Gasteiger partial charge in [0.1, 0.15) is 5.01 Å². The summed E-state index contributed by atoms with van der Waals surface area (Å²) in [6, 6.07) is 7.61. The molecule has 0 atom stereocenters. The van der Waals surface area contributed by atoms with Crippen LogP contribution < -0.4 is 0 Å². The number of aromatic nitrogens is 1. The van der Waals surface area contributed by atoms with Crippen molar-refractivity contribution in [3.8, 4) is 10.6 Å². The van der Waals surface area contributed by atoms with Crippen LogP contribution in [0, 0.1) is 0 Å². The molecule has 5 heteroatoms. The van der Waals surface area contributed by atoms with E-state index in [-0.39, 0.29) is 5.91 Å². The molecule has 0 spiro atoms. The minimum absolute atomic E-state index is 0.156. The summed E-state index contributed by atoms with van der Waals surface area (Å²) in [5.74, 6) is 0.156. The third-order valence-electron chi connectivity index (χ3n) is 3.49. The first-order chi connectivity index (χ1) is 10.6. The number of carbonyl (C=O) groups is 1. The largest absolute Gasteiger partial charge is 0.343 e. The molecule has 1 amide bonds. The summed E-state index contributed by atoms with van der Waals surface area (Å²) in [7, 11) is 0. The highest BCUT2D eigenvalue weighted by Crippen LogP contribution is 2.25. The van der Waals surface area contributed by atoms with E-state index >= 15 is 0 Å². The van der Waals surface area contributed by atoms with Gasteiger partial charge in [-0.1, -0.05) is 37.1 Å². The fourth-order valence-corrected chi connectivity index (χ4v) is 3.14. The number of carbonyl (C=O) groups excluding carboxylic acids is 1. The fraction of sp³-hybridized carbons (Fsp3) is 0.412. The fourth-order valence-electron chi connectivity index (χ4n) is 2.19. The molecule has 0 radical (unpaired) electrons. The van der Waals surface area contributed by atoms with Crippen LogP contribution in [0.3, 0.4) is 0 Å². The van der Waals surface area contributed by atoms with Crippen molar-refractivity contribution in [2.24, 2.45) is 0 Å². The van der Waals surface area contributed by atoms with Gasteiger partial charge < -0.3 is 4.90 Å². The number of thiazole rings is 1. The molecule has 0 unspecified atom stereocenters. The Kier molecular flexibility index (Phi) is 6.40. The number of benzene rings is 1. The van der Waals surface area contributed by atoms with Gasteiger partial charge in [0, 0.05) is 29.1 Å². The Hall–Kier alpha value is -1.39. The number of hydrogen-bond acceptors (Lipinski definition) is 3.